The van der Waals surface area contributed by atoms with Crippen molar-refractivity contribution in [2.75, 3.05) is 24.4 Å². The van der Waals surface area contributed by atoms with Gasteiger partial charge in [-0.15, -0.1) is 0 Å². The molecule has 1 saturated heterocycles. The van der Waals surface area contributed by atoms with Crippen molar-refractivity contribution in [2.45, 2.75) is 18.9 Å². The molecule has 8 heteroatoms. The van der Waals surface area contributed by atoms with Gasteiger partial charge in [-0.25, -0.2) is 4.39 Å². The number of anilines is 2. The van der Waals surface area contributed by atoms with Crippen LogP contribution < -0.4 is 19.7 Å². The third-order valence-electron chi connectivity index (χ3n) is 6.97. The van der Waals surface area contributed by atoms with Gasteiger partial charge in [-0.1, -0.05) is 12.1 Å². The van der Waals surface area contributed by atoms with E-state index in [1.165, 1.54) is 12.1 Å². The van der Waals surface area contributed by atoms with E-state index in [4.69, 9.17) is 9.47 Å². The first-order valence-electron chi connectivity index (χ1n) is 12.6. The number of piperidine rings is 1. The summed E-state index contributed by atoms with van der Waals surface area (Å²) < 4.78 is 25.2. The number of pyridine rings is 1. The lowest BCUT2D eigenvalue weighted by atomic mass is 9.83. The first kappa shape index (κ1) is 25.9. The van der Waals surface area contributed by atoms with Gasteiger partial charge in [0.25, 0.3) is 0 Å². The highest BCUT2D eigenvalue weighted by atomic mass is 19.1. The van der Waals surface area contributed by atoms with Gasteiger partial charge in [0.05, 0.1) is 26.2 Å². The van der Waals surface area contributed by atoms with Gasteiger partial charge in [-0.3, -0.25) is 14.6 Å². The maximum absolute atomic E-state index is 14.6. The van der Waals surface area contributed by atoms with Crippen molar-refractivity contribution >= 4 is 23.2 Å². The maximum atomic E-state index is 14.6. The van der Waals surface area contributed by atoms with E-state index >= 15 is 0 Å². The van der Waals surface area contributed by atoms with Crippen LogP contribution in [0.1, 0.15) is 24.4 Å². The molecule has 39 heavy (non-hydrogen) atoms. The number of hydrogen-bond acceptors (Lipinski definition) is 5. The monoisotopic (exact) mass is 525 g/mol. The molecule has 2 amide bonds. The molecule has 1 aromatic heterocycles. The standard InChI is InChI=1S/C31H28FN3O4/c1-38-24-8-3-21(4-9-24)30-26(12-14-29(36)35(30)23-6-10-25(39-2)11-7-23)31(37)34-22-5-13-28(32)27(19-22)20-15-17-33-18-16-20/h3-11,13,15-19,26,30H,12,14H2,1-2H3,(H,34,37). The third kappa shape index (κ3) is 5.45. The third-order valence-corrected chi connectivity index (χ3v) is 6.97. The molecule has 0 aliphatic carbocycles. The lowest BCUT2D eigenvalue weighted by molar-refractivity contribution is -0.125. The Bertz CT molecular complexity index is 1460. The molecule has 7 nitrogen and oxygen atoms in total. The van der Waals surface area contributed by atoms with E-state index in [0.29, 0.717) is 40.4 Å². The van der Waals surface area contributed by atoms with Crippen molar-refractivity contribution in [3.8, 4) is 22.6 Å². The van der Waals surface area contributed by atoms with Gasteiger partial charge in [0.1, 0.15) is 17.3 Å². The minimum absolute atomic E-state index is 0.0770. The Morgan fingerprint density at radius 1 is 0.923 bits per heavy atom. The lowest BCUT2D eigenvalue weighted by Gasteiger charge is -2.41. The van der Waals surface area contributed by atoms with Crippen molar-refractivity contribution in [3.63, 3.8) is 0 Å². The number of ether oxygens (including phenoxy) is 2. The van der Waals surface area contributed by atoms with Crippen LogP contribution in [0.15, 0.2) is 91.3 Å². The average molecular weight is 526 g/mol. The van der Waals surface area contributed by atoms with Crippen LogP contribution in [0.5, 0.6) is 11.5 Å². The van der Waals surface area contributed by atoms with Crippen molar-refractivity contribution in [2.24, 2.45) is 5.92 Å². The van der Waals surface area contributed by atoms with E-state index in [1.54, 1.807) is 61.8 Å². The molecule has 0 spiro atoms. The Hall–Kier alpha value is -4.72. The Labute approximate surface area is 226 Å². The number of benzene rings is 3. The van der Waals surface area contributed by atoms with Crippen LogP contribution in [0.25, 0.3) is 11.1 Å². The second kappa shape index (κ2) is 11.3. The van der Waals surface area contributed by atoms with Crippen LogP contribution in [0.2, 0.25) is 0 Å². The number of halogens is 1. The molecule has 0 radical (unpaired) electrons. The second-order valence-corrected chi connectivity index (χ2v) is 9.24. The summed E-state index contributed by atoms with van der Waals surface area (Å²) in [6.45, 7) is 0. The van der Waals surface area contributed by atoms with Crippen molar-refractivity contribution in [1.82, 2.24) is 4.98 Å². The van der Waals surface area contributed by atoms with E-state index in [0.717, 1.165) is 5.56 Å². The van der Waals surface area contributed by atoms with E-state index in [-0.39, 0.29) is 18.2 Å². The number of aromatic nitrogens is 1. The summed E-state index contributed by atoms with van der Waals surface area (Å²) in [7, 11) is 3.17. The molecule has 5 rings (SSSR count). The molecule has 1 aliphatic rings. The van der Waals surface area contributed by atoms with Crippen molar-refractivity contribution in [1.29, 1.82) is 0 Å². The van der Waals surface area contributed by atoms with Crippen molar-refractivity contribution in [3.05, 3.63) is 103 Å². The topological polar surface area (TPSA) is 80.8 Å². The Balaban J connectivity index is 1.50. The first-order chi connectivity index (χ1) is 19.0. The van der Waals surface area contributed by atoms with Gasteiger partial charge in [0.2, 0.25) is 11.8 Å². The van der Waals surface area contributed by atoms with Crippen LogP contribution in [-0.4, -0.2) is 31.0 Å². The van der Waals surface area contributed by atoms with Gasteiger partial charge in [-0.05, 0) is 84.3 Å². The molecule has 4 aromatic rings. The molecule has 1 fully saturated rings. The zero-order chi connectivity index (χ0) is 27.4. The normalized spacial score (nSPS) is 17.0. The van der Waals surface area contributed by atoms with E-state index in [9.17, 15) is 14.0 Å². The Morgan fingerprint density at radius 3 is 2.21 bits per heavy atom. The fraction of sp³-hybridized carbons (Fsp3) is 0.194. The zero-order valence-electron chi connectivity index (χ0n) is 21.6. The minimum atomic E-state index is -0.564. The Kier molecular flexibility index (Phi) is 7.54. The quantitative estimate of drug-likeness (QED) is 0.319. The van der Waals surface area contributed by atoms with E-state index < -0.39 is 17.8 Å². The van der Waals surface area contributed by atoms with E-state index in [2.05, 4.69) is 10.3 Å². The van der Waals surface area contributed by atoms with Crippen LogP contribution in [-0.2, 0) is 9.59 Å². The molecule has 2 atom stereocenters. The first-order valence-corrected chi connectivity index (χ1v) is 12.6. The molecule has 198 valence electrons. The summed E-state index contributed by atoms with van der Waals surface area (Å²) in [5.41, 5.74) is 2.95. The van der Waals surface area contributed by atoms with Crippen LogP contribution >= 0.6 is 0 Å². The molecule has 1 aliphatic heterocycles. The minimum Gasteiger partial charge on any atom is -0.497 e. The Morgan fingerprint density at radius 2 is 1.56 bits per heavy atom. The predicted molar refractivity (Wildman–Crippen MR) is 147 cm³/mol. The van der Waals surface area contributed by atoms with E-state index in [1.807, 2.05) is 36.4 Å². The molecular weight excluding hydrogens is 497 g/mol. The summed E-state index contributed by atoms with van der Waals surface area (Å²) >= 11 is 0. The highest BCUT2D eigenvalue weighted by Crippen LogP contribution is 2.41. The largest absolute Gasteiger partial charge is 0.497 e. The summed E-state index contributed by atoms with van der Waals surface area (Å²) in [4.78, 5) is 32.8. The number of amides is 2. The smallest absolute Gasteiger partial charge is 0.229 e. The highest BCUT2D eigenvalue weighted by molar-refractivity contribution is 6.00. The summed E-state index contributed by atoms with van der Waals surface area (Å²) in [5.74, 6) is 0.0467. The van der Waals surface area contributed by atoms with Gasteiger partial charge in [0, 0.05) is 35.8 Å². The highest BCUT2D eigenvalue weighted by Gasteiger charge is 2.41. The predicted octanol–water partition coefficient (Wildman–Crippen LogP) is 6.03. The van der Waals surface area contributed by atoms with Crippen LogP contribution in [0.3, 0.4) is 0 Å². The molecule has 2 heterocycles. The number of nitrogens with zero attached hydrogens (tertiary/aromatic N) is 2. The maximum Gasteiger partial charge on any atom is 0.229 e. The van der Waals surface area contributed by atoms with Gasteiger partial charge in [-0.2, -0.15) is 0 Å². The fourth-order valence-electron chi connectivity index (χ4n) is 4.99. The molecule has 0 saturated carbocycles. The number of carbonyl (C=O) groups excluding carboxylic acids is 2. The molecule has 3 aromatic carbocycles. The van der Waals surface area contributed by atoms with Gasteiger partial charge in [0.15, 0.2) is 0 Å². The summed E-state index contributed by atoms with van der Waals surface area (Å²) in [5, 5.41) is 2.97. The second-order valence-electron chi connectivity index (χ2n) is 9.24. The molecule has 2 unspecified atom stereocenters. The zero-order valence-corrected chi connectivity index (χ0v) is 21.6. The lowest BCUT2D eigenvalue weighted by Crippen LogP contribution is -2.47. The SMILES string of the molecule is COc1ccc(C2C(C(=O)Nc3ccc(F)c(-c4ccncc4)c3)CCC(=O)N2c2ccc(OC)cc2)cc1. The van der Waals surface area contributed by atoms with Crippen LogP contribution in [0.4, 0.5) is 15.8 Å². The van der Waals surface area contributed by atoms with Crippen molar-refractivity contribution < 1.29 is 23.5 Å². The fourth-order valence-corrected chi connectivity index (χ4v) is 4.99. The van der Waals surface area contributed by atoms with Gasteiger partial charge >= 0.3 is 0 Å². The number of carbonyl (C=O) groups is 2. The number of methoxy groups -OCH3 is 2. The average Bonchev–Trinajstić information content (AvgIpc) is 2.98. The summed E-state index contributed by atoms with van der Waals surface area (Å²) in [6.07, 6.45) is 3.76. The van der Waals surface area contributed by atoms with Gasteiger partial charge < -0.3 is 19.7 Å². The number of rotatable bonds is 7. The molecular formula is C31H28FN3O4. The molecule has 0 bridgehead atoms. The molecule has 1 N–H and O–H groups in total. The van der Waals surface area contributed by atoms with Crippen LogP contribution in [0, 0.1) is 11.7 Å². The number of nitrogens with one attached hydrogen (secondary N) is 1. The number of hydrogen-bond donors (Lipinski definition) is 1. The summed E-state index contributed by atoms with van der Waals surface area (Å²) in [6, 6.07) is 21.9.